The lowest BCUT2D eigenvalue weighted by atomic mass is 10.1. The molecular formula is C15H13IN2O. The summed E-state index contributed by atoms with van der Waals surface area (Å²) in [5.41, 5.74) is 9.74. The molecular weight excluding hydrogens is 351 g/mol. The number of hydrogen-bond acceptors (Lipinski definition) is 2. The number of methoxy groups -OCH3 is 1. The number of benzene rings is 2. The molecule has 0 fully saturated rings. The number of halogens is 1. The van der Waals surface area contributed by atoms with Gasteiger partial charge in [0, 0.05) is 20.2 Å². The summed E-state index contributed by atoms with van der Waals surface area (Å²) < 4.78 is 6.60. The quantitative estimate of drug-likeness (QED) is 0.533. The van der Waals surface area contributed by atoms with E-state index in [-0.39, 0.29) is 0 Å². The summed E-state index contributed by atoms with van der Waals surface area (Å²) in [5.74, 6) is 0.867. The van der Waals surface area contributed by atoms with Gasteiger partial charge in [0.2, 0.25) is 0 Å². The maximum Gasteiger partial charge on any atom is 0.129 e. The van der Waals surface area contributed by atoms with Crippen molar-refractivity contribution < 1.29 is 4.74 Å². The fourth-order valence-corrected chi connectivity index (χ4v) is 2.98. The smallest absolute Gasteiger partial charge is 0.129 e. The number of hydrogen-bond donors (Lipinski definition) is 2. The van der Waals surface area contributed by atoms with Crippen LogP contribution < -0.4 is 10.5 Å². The van der Waals surface area contributed by atoms with E-state index in [1.165, 1.54) is 0 Å². The van der Waals surface area contributed by atoms with Crippen LogP contribution in [0.5, 0.6) is 5.75 Å². The van der Waals surface area contributed by atoms with Crippen molar-refractivity contribution in [3.8, 4) is 17.0 Å². The van der Waals surface area contributed by atoms with Gasteiger partial charge in [-0.3, -0.25) is 0 Å². The van der Waals surface area contributed by atoms with Gasteiger partial charge in [-0.15, -0.1) is 0 Å². The van der Waals surface area contributed by atoms with Gasteiger partial charge in [-0.2, -0.15) is 0 Å². The largest absolute Gasteiger partial charge is 0.496 e. The first-order valence-corrected chi connectivity index (χ1v) is 6.98. The number of ether oxygens (including phenoxy) is 1. The van der Waals surface area contributed by atoms with Gasteiger partial charge in [0.1, 0.15) is 5.75 Å². The van der Waals surface area contributed by atoms with Crippen molar-refractivity contribution in [3.05, 3.63) is 46.0 Å². The van der Waals surface area contributed by atoms with Gasteiger partial charge in [0.15, 0.2) is 0 Å². The lowest BCUT2D eigenvalue weighted by Gasteiger charge is -2.08. The number of nitrogen functional groups attached to an aromatic ring is 1. The Bertz CT molecular complexity index is 749. The highest BCUT2D eigenvalue weighted by Gasteiger charge is 2.12. The van der Waals surface area contributed by atoms with Crippen molar-refractivity contribution in [1.29, 1.82) is 0 Å². The Kier molecular flexibility index (Phi) is 3.10. The molecule has 0 aliphatic carbocycles. The van der Waals surface area contributed by atoms with E-state index >= 15 is 0 Å². The predicted octanol–water partition coefficient (Wildman–Crippen LogP) is 4.03. The van der Waals surface area contributed by atoms with Gasteiger partial charge < -0.3 is 15.5 Å². The average molecular weight is 364 g/mol. The molecule has 0 saturated heterocycles. The molecule has 0 saturated carbocycles. The molecule has 1 aromatic heterocycles. The standard InChI is InChI=1S/C15H13IN2O/c1-19-14-4-2-3-11(16)15(14)13-7-9-5-6-10(17)8-12(9)18-13/h2-8,18H,17H2,1H3. The third-order valence-corrected chi connectivity index (χ3v) is 4.01. The minimum Gasteiger partial charge on any atom is -0.496 e. The van der Waals surface area contributed by atoms with Crippen LogP contribution in [-0.4, -0.2) is 12.1 Å². The summed E-state index contributed by atoms with van der Waals surface area (Å²) in [6, 6.07) is 14.0. The zero-order chi connectivity index (χ0) is 13.4. The molecule has 4 heteroatoms. The van der Waals surface area contributed by atoms with Crippen molar-refractivity contribution in [2.75, 3.05) is 12.8 Å². The van der Waals surface area contributed by atoms with E-state index in [0.717, 1.165) is 37.2 Å². The van der Waals surface area contributed by atoms with E-state index in [9.17, 15) is 0 Å². The zero-order valence-corrected chi connectivity index (χ0v) is 12.6. The molecule has 19 heavy (non-hydrogen) atoms. The summed E-state index contributed by atoms with van der Waals surface area (Å²) >= 11 is 2.32. The van der Waals surface area contributed by atoms with Gasteiger partial charge in [-0.25, -0.2) is 0 Å². The minimum atomic E-state index is 0.760. The zero-order valence-electron chi connectivity index (χ0n) is 10.4. The van der Waals surface area contributed by atoms with Crippen LogP contribution in [0, 0.1) is 3.57 Å². The van der Waals surface area contributed by atoms with Crippen molar-refractivity contribution >= 4 is 39.2 Å². The van der Waals surface area contributed by atoms with E-state index < -0.39 is 0 Å². The number of nitrogens with one attached hydrogen (secondary N) is 1. The van der Waals surface area contributed by atoms with E-state index in [4.69, 9.17) is 10.5 Å². The van der Waals surface area contributed by atoms with Gasteiger partial charge in [-0.1, -0.05) is 12.1 Å². The molecule has 0 aliphatic rings. The van der Waals surface area contributed by atoms with Crippen molar-refractivity contribution in [1.82, 2.24) is 4.98 Å². The molecule has 3 nitrogen and oxygen atoms in total. The molecule has 0 radical (unpaired) electrons. The number of aromatic amines is 1. The summed E-state index contributed by atoms with van der Waals surface area (Å²) in [5, 5.41) is 1.14. The van der Waals surface area contributed by atoms with Crippen LogP contribution in [0.4, 0.5) is 5.69 Å². The monoisotopic (exact) mass is 364 g/mol. The first kappa shape index (κ1) is 12.3. The molecule has 2 aromatic carbocycles. The third kappa shape index (κ3) is 2.16. The van der Waals surface area contributed by atoms with Crippen LogP contribution >= 0.6 is 22.6 Å². The maximum atomic E-state index is 5.81. The fourth-order valence-electron chi connectivity index (χ4n) is 2.22. The van der Waals surface area contributed by atoms with E-state index in [0.29, 0.717) is 0 Å². The molecule has 96 valence electrons. The minimum absolute atomic E-state index is 0.760. The molecule has 0 spiro atoms. The molecule has 0 aliphatic heterocycles. The Morgan fingerprint density at radius 1 is 1.16 bits per heavy atom. The Labute approximate surface area is 124 Å². The van der Waals surface area contributed by atoms with E-state index in [1.54, 1.807) is 7.11 Å². The van der Waals surface area contributed by atoms with Crippen LogP contribution in [0.3, 0.4) is 0 Å². The number of nitrogens with two attached hydrogens (primary N) is 1. The van der Waals surface area contributed by atoms with Crippen molar-refractivity contribution in [2.24, 2.45) is 0 Å². The second-order valence-corrected chi connectivity index (χ2v) is 5.51. The SMILES string of the molecule is COc1cccc(I)c1-c1cc2ccc(N)cc2[nH]1. The Hall–Kier alpha value is -1.69. The van der Waals surface area contributed by atoms with E-state index in [1.807, 2.05) is 30.3 Å². The summed E-state index contributed by atoms with van der Waals surface area (Å²) in [6.45, 7) is 0. The van der Waals surface area contributed by atoms with Crippen LogP contribution in [0.25, 0.3) is 22.2 Å². The van der Waals surface area contributed by atoms with Crippen LogP contribution in [0.15, 0.2) is 42.5 Å². The topological polar surface area (TPSA) is 51.0 Å². The van der Waals surface area contributed by atoms with Gasteiger partial charge in [0.05, 0.1) is 18.4 Å². The summed E-state index contributed by atoms with van der Waals surface area (Å²) in [7, 11) is 1.69. The molecule has 0 amide bonds. The normalized spacial score (nSPS) is 10.8. The van der Waals surface area contributed by atoms with Crippen LogP contribution in [-0.2, 0) is 0 Å². The molecule has 0 bridgehead atoms. The number of rotatable bonds is 2. The number of H-pyrrole nitrogens is 1. The number of fused-ring (bicyclic) bond motifs is 1. The molecule has 3 N–H and O–H groups in total. The third-order valence-electron chi connectivity index (χ3n) is 3.11. The van der Waals surface area contributed by atoms with Gasteiger partial charge >= 0.3 is 0 Å². The Balaban J connectivity index is 2.24. The highest BCUT2D eigenvalue weighted by atomic mass is 127. The van der Waals surface area contributed by atoms with Crippen LogP contribution in [0.1, 0.15) is 0 Å². The lowest BCUT2D eigenvalue weighted by molar-refractivity contribution is 0.416. The maximum absolute atomic E-state index is 5.81. The highest BCUT2D eigenvalue weighted by Crippen LogP contribution is 2.35. The average Bonchev–Trinajstić information content (AvgIpc) is 2.80. The molecule has 0 atom stereocenters. The summed E-state index contributed by atoms with van der Waals surface area (Å²) in [4.78, 5) is 3.40. The molecule has 3 rings (SSSR count). The van der Waals surface area contributed by atoms with Crippen LogP contribution in [0.2, 0.25) is 0 Å². The lowest BCUT2D eigenvalue weighted by Crippen LogP contribution is -1.90. The molecule has 1 heterocycles. The molecule has 0 unspecified atom stereocenters. The highest BCUT2D eigenvalue weighted by molar-refractivity contribution is 14.1. The van der Waals surface area contributed by atoms with Crippen molar-refractivity contribution in [2.45, 2.75) is 0 Å². The second kappa shape index (κ2) is 4.77. The Morgan fingerprint density at radius 3 is 2.79 bits per heavy atom. The van der Waals surface area contributed by atoms with E-state index in [2.05, 4.69) is 39.7 Å². The first-order valence-electron chi connectivity index (χ1n) is 5.90. The summed E-state index contributed by atoms with van der Waals surface area (Å²) in [6.07, 6.45) is 0. The number of aromatic nitrogens is 1. The number of anilines is 1. The van der Waals surface area contributed by atoms with Crippen molar-refractivity contribution in [3.63, 3.8) is 0 Å². The fraction of sp³-hybridized carbons (Fsp3) is 0.0667. The van der Waals surface area contributed by atoms with Gasteiger partial charge in [-0.05, 0) is 52.9 Å². The first-order chi connectivity index (χ1) is 9.19. The Morgan fingerprint density at radius 2 is 2.00 bits per heavy atom. The molecule has 3 aromatic rings. The second-order valence-electron chi connectivity index (χ2n) is 4.35. The van der Waals surface area contributed by atoms with Gasteiger partial charge in [0.25, 0.3) is 0 Å². The predicted molar refractivity (Wildman–Crippen MR) is 87.4 cm³/mol.